The van der Waals surface area contributed by atoms with Gasteiger partial charge in [-0.3, -0.25) is 10.1 Å². The molecule has 3 aromatic rings. The minimum Gasteiger partial charge on any atom is -0.258 e. The second-order valence-electron chi connectivity index (χ2n) is 5.74. The molecule has 6 nitrogen and oxygen atoms in total. The van der Waals surface area contributed by atoms with Crippen LogP contribution in [0.1, 0.15) is 17.2 Å². The van der Waals surface area contributed by atoms with Gasteiger partial charge in [0.25, 0.3) is 5.69 Å². The van der Waals surface area contributed by atoms with Crippen LogP contribution in [0.15, 0.2) is 83.8 Å². The predicted octanol–water partition coefficient (Wildman–Crippen LogP) is 4.32. The number of para-hydroxylation sites is 1. The summed E-state index contributed by atoms with van der Waals surface area (Å²) in [6.45, 7) is 0. The zero-order valence-corrected chi connectivity index (χ0v) is 15.5. The highest BCUT2D eigenvalue weighted by Gasteiger charge is 2.29. The minimum absolute atomic E-state index is 0.391. The Bertz CT molecular complexity index is 1070. The molecule has 0 saturated carbocycles. The molecule has 0 aliphatic rings. The first-order valence-electron chi connectivity index (χ1n) is 7.94. The fourth-order valence-electron chi connectivity index (χ4n) is 2.71. The summed E-state index contributed by atoms with van der Waals surface area (Å²) in [6, 6.07) is 20.2. The highest BCUT2D eigenvalue weighted by atomic mass is 35.5. The first kappa shape index (κ1) is 19.0. The van der Waals surface area contributed by atoms with Crippen molar-refractivity contribution in [3.8, 4) is 0 Å². The van der Waals surface area contributed by atoms with E-state index in [0.29, 0.717) is 16.1 Å². The van der Waals surface area contributed by atoms with Crippen LogP contribution in [0.5, 0.6) is 0 Å². The van der Waals surface area contributed by atoms with Gasteiger partial charge in [0.05, 0.1) is 11.0 Å². The molecule has 0 fully saturated rings. The van der Waals surface area contributed by atoms with E-state index in [1.807, 2.05) is 6.07 Å². The van der Waals surface area contributed by atoms with Crippen molar-refractivity contribution in [2.24, 2.45) is 0 Å². The number of nitrogens with one attached hydrogen (secondary N) is 1. The number of nitro benzene ring substituents is 1. The maximum absolute atomic E-state index is 13.0. The molecule has 0 bridgehead atoms. The smallest absolute Gasteiger partial charge is 0.258 e. The van der Waals surface area contributed by atoms with Crippen molar-refractivity contribution in [1.29, 1.82) is 0 Å². The third-order valence-electron chi connectivity index (χ3n) is 3.94. The fourth-order valence-corrected chi connectivity index (χ4v) is 4.30. The molecule has 1 atom stereocenters. The van der Waals surface area contributed by atoms with Crippen LogP contribution in [0.25, 0.3) is 0 Å². The predicted molar refractivity (Wildman–Crippen MR) is 103 cm³/mol. The quantitative estimate of drug-likeness (QED) is 0.491. The van der Waals surface area contributed by atoms with Gasteiger partial charge in [0.1, 0.15) is 0 Å². The molecule has 8 heteroatoms. The lowest BCUT2D eigenvalue weighted by Crippen LogP contribution is -2.30. The van der Waals surface area contributed by atoms with E-state index in [9.17, 15) is 18.5 Å². The summed E-state index contributed by atoms with van der Waals surface area (Å²) in [4.78, 5) is 10.1. The lowest BCUT2D eigenvalue weighted by Gasteiger charge is -2.20. The molecular formula is C19H15ClN2O4S. The normalized spacial score (nSPS) is 12.5. The topological polar surface area (TPSA) is 89.3 Å². The minimum atomic E-state index is -4.18. The van der Waals surface area contributed by atoms with Crippen LogP contribution >= 0.6 is 11.6 Å². The summed E-state index contributed by atoms with van der Waals surface area (Å²) in [5.41, 5.74) is 0.820. The maximum Gasteiger partial charge on any atom is 0.289 e. The summed E-state index contributed by atoms with van der Waals surface area (Å²) in [7, 11) is -4.18. The van der Waals surface area contributed by atoms with Gasteiger partial charge in [-0.2, -0.15) is 4.72 Å². The Morgan fingerprint density at radius 1 is 0.889 bits per heavy atom. The summed E-state index contributed by atoms with van der Waals surface area (Å²) in [6.07, 6.45) is 0. The van der Waals surface area contributed by atoms with E-state index in [1.54, 1.807) is 48.5 Å². The second-order valence-corrected chi connectivity index (χ2v) is 7.86. The number of hydrogen-bond donors (Lipinski definition) is 1. The summed E-state index contributed by atoms with van der Waals surface area (Å²) in [5.74, 6) is 0. The molecule has 3 rings (SSSR count). The van der Waals surface area contributed by atoms with Gasteiger partial charge >= 0.3 is 0 Å². The van der Waals surface area contributed by atoms with E-state index >= 15 is 0 Å². The highest BCUT2D eigenvalue weighted by Crippen LogP contribution is 2.29. The monoisotopic (exact) mass is 402 g/mol. The van der Waals surface area contributed by atoms with Crippen LogP contribution < -0.4 is 4.72 Å². The van der Waals surface area contributed by atoms with E-state index in [-0.39, 0.29) is 0 Å². The Labute approximate surface area is 161 Å². The standard InChI is InChI=1S/C19H15ClN2O4S/c20-16-10-6-9-15(13-16)19(14-7-2-1-3-8-14)21-27(25,26)18-12-5-4-11-17(18)22(23)24/h1-13,19,21H/t19-/m1/s1. The van der Waals surface area contributed by atoms with Crippen molar-refractivity contribution in [2.45, 2.75) is 10.9 Å². The van der Waals surface area contributed by atoms with Crippen LogP contribution in [0.3, 0.4) is 0 Å². The van der Waals surface area contributed by atoms with Crippen molar-refractivity contribution < 1.29 is 13.3 Å². The molecule has 138 valence electrons. The molecule has 0 saturated heterocycles. The summed E-state index contributed by atoms with van der Waals surface area (Å²) in [5, 5.41) is 11.7. The number of nitro groups is 1. The molecule has 3 aromatic carbocycles. The largest absolute Gasteiger partial charge is 0.289 e. The molecular weight excluding hydrogens is 388 g/mol. The summed E-state index contributed by atoms with van der Waals surface area (Å²) < 4.78 is 28.5. The molecule has 0 radical (unpaired) electrons. The first-order valence-corrected chi connectivity index (χ1v) is 9.81. The molecule has 0 spiro atoms. The van der Waals surface area contributed by atoms with Crippen molar-refractivity contribution in [1.82, 2.24) is 4.72 Å². The summed E-state index contributed by atoms with van der Waals surface area (Å²) >= 11 is 6.06. The van der Waals surface area contributed by atoms with Crippen molar-refractivity contribution >= 4 is 27.3 Å². The van der Waals surface area contributed by atoms with Gasteiger partial charge in [0.2, 0.25) is 10.0 Å². The number of hydrogen-bond acceptors (Lipinski definition) is 4. The van der Waals surface area contributed by atoms with Gasteiger partial charge in [-0.25, -0.2) is 8.42 Å². The second kappa shape index (κ2) is 7.87. The SMILES string of the molecule is O=[N+]([O-])c1ccccc1S(=O)(=O)N[C@H](c1ccccc1)c1cccc(Cl)c1. The van der Waals surface area contributed by atoms with Crippen LogP contribution in [0.2, 0.25) is 5.02 Å². The highest BCUT2D eigenvalue weighted by molar-refractivity contribution is 7.89. The molecule has 0 aromatic heterocycles. The van der Waals surface area contributed by atoms with Gasteiger partial charge in [-0.1, -0.05) is 66.2 Å². The van der Waals surface area contributed by atoms with E-state index < -0.39 is 31.6 Å². The van der Waals surface area contributed by atoms with Gasteiger partial charge in [-0.15, -0.1) is 0 Å². The average molecular weight is 403 g/mol. The average Bonchev–Trinajstić information content (AvgIpc) is 2.67. The van der Waals surface area contributed by atoms with E-state index in [0.717, 1.165) is 6.07 Å². The number of sulfonamides is 1. The molecule has 27 heavy (non-hydrogen) atoms. The maximum atomic E-state index is 13.0. The Kier molecular flexibility index (Phi) is 5.55. The lowest BCUT2D eigenvalue weighted by molar-refractivity contribution is -0.387. The van der Waals surface area contributed by atoms with Crippen LogP contribution in [-0.2, 0) is 10.0 Å². The Balaban J connectivity index is 2.08. The first-order chi connectivity index (χ1) is 12.9. The van der Waals surface area contributed by atoms with Gasteiger partial charge in [0, 0.05) is 11.1 Å². The van der Waals surface area contributed by atoms with Gasteiger partial charge in [0.15, 0.2) is 4.90 Å². The third kappa shape index (κ3) is 4.33. The van der Waals surface area contributed by atoms with Crippen LogP contribution in [0.4, 0.5) is 5.69 Å². The number of nitrogens with zero attached hydrogens (tertiary/aromatic N) is 1. The molecule has 0 aliphatic carbocycles. The molecule has 1 N–H and O–H groups in total. The molecule has 0 aliphatic heterocycles. The van der Waals surface area contributed by atoms with Gasteiger partial charge < -0.3 is 0 Å². The number of benzene rings is 3. The number of halogens is 1. The van der Waals surface area contributed by atoms with Crippen LogP contribution in [-0.4, -0.2) is 13.3 Å². The van der Waals surface area contributed by atoms with Crippen molar-refractivity contribution in [3.05, 3.63) is 105 Å². The van der Waals surface area contributed by atoms with Gasteiger partial charge in [-0.05, 0) is 29.3 Å². The lowest BCUT2D eigenvalue weighted by atomic mass is 10.00. The van der Waals surface area contributed by atoms with Crippen molar-refractivity contribution in [2.75, 3.05) is 0 Å². The Morgan fingerprint density at radius 3 is 2.19 bits per heavy atom. The van der Waals surface area contributed by atoms with Crippen molar-refractivity contribution in [3.63, 3.8) is 0 Å². The molecule has 0 unspecified atom stereocenters. The zero-order chi connectivity index (χ0) is 19.4. The Morgan fingerprint density at radius 2 is 1.52 bits per heavy atom. The van der Waals surface area contributed by atoms with Crippen LogP contribution in [0, 0.1) is 10.1 Å². The fraction of sp³-hybridized carbons (Fsp3) is 0.0526. The van der Waals surface area contributed by atoms with E-state index in [4.69, 9.17) is 11.6 Å². The Hall–Kier alpha value is -2.74. The molecule has 0 heterocycles. The third-order valence-corrected chi connectivity index (χ3v) is 5.64. The molecule has 0 amide bonds. The number of rotatable bonds is 6. The van der Waals surface area contributed by atoms with E-state index in [2.05, 4.69) is 4.72 Å². The van der Waals surface area contributed by atoms with E-state index in [1.165, 1.54) is 18.2 Å². The zero-order valence-electron chi connectivity index (χ0n) is 13.9.